The van der Waals surface area contributed by atoms with Crippen LogP contribution in [0.2, 0.25) is 0 Å². The number of hydrogen-bond acceptors (Lipinski definition) is 5. The Bertz CT molecular complexity index is 833. The molecule has 0 unspecified atom stereocenters. The van der Waals surface area contributed by atoms with Gasteiger partial charge in [-0.1, -0.05) is 29.8 Å². The van der Waals surface area contributed by atoms with E-state index in [4.69, 9.17) is 9.47 Å². The lowest BCUT2D eigenvalue weighted by Gasteiger charge is -2.09. The number of nitro groups is 1. The van der Waals surface area contributed by atoms with Crippen LogP contribution in [0.15, 0.2) is 36.4 Å². The Hall–Kier alpha value is -3.33. The number of rotatable bonds is 5. The molecular formula is C18H16N2O4. The molecule has 0 aliphatic rings. The van der Waals surface area contributed by atoms with E-state index in [0.29, 0.717) is 16.9 Å². The summed E-state index contributed by atoms with van der Waals surface area (Å²) in [4.78, 5) is 10.7. The maximum Gasteiger partial charge on any atom is 0.311 e. The zero-order valence-electron chi connectivity index (χ0n) is 13.6. The minimum absolute atomic E-state index is 0.0999. The Morgan fingerprint density at radius 1 is 1.17 bits per heavy atom. The Labute approximate surface area is 139 Å². The molecule has 0 N–H and O–H groups in total. The van der Waals surface area contributed by atoms with Gasteiger partial charge in [-0.3, -0.25) is 10.1 Å². The zero-order valence-corrected chi connectivity index (χ0v) is 13.6. The number of benzene rings is 2. The lowest BCUT2D eigenvalue weighted by Crippen LogP contribution is -1.97. The molecular weight excluding hydrogens is 308 g/mol. The number of nitriles is 1. The largest absolute Gasteiger partial charge is 0.496 e. The molecule has 6 nitrogen and oxygen atoms in total. The second kappa shape index (κ2) is 7.29. The maximum atomic E-state index is 11.2. The van der Waals surface area contributed by atoms with Crippen molar-refractivity contribution in [3.05, 3.63) is 63.2 Å². The molecule has 2 aromatic rings. The molecule has 0 amide bonds. The molecule has 122 valence electrons. The molecule has 24 heavy (non-hydrogen) atoms. The van der Waals surface area contributed by atoms with E-state index in [1.54, 1.807) is 6.08 Å². The Morgan fingerprint density at radius 3 is 2.29 bits per heavy atom. The third-order valence-corrected chi connectivity index (χ3v) is 3.51. The number of allylic oxidation sites excluding steroid dienone is 1. The van der Waals surface area contributed by atoms with Crippen molar-refractivity contribution >= 4 is 17.3 Å². The third-order valence-electron chi connectivity index (χ3n) is 3.51. The monoisotopic (exact) mass is 324 g/mol. The van der Waals surface area contributed by atoms with Crippen LogP contribution in [0.1, 0.15) is 16.7 Å². The van der Waals surface area contributed by atoms with E-state index in [9.17, 15) is 15.4 Å². The summed E-state index contributed by atoms with van der Waals surface area (Å²) in [7, 11) is 2.81. The molecule has 0 saturated heterocycles. The summed E-state index contributed by atoms with van der Waals surface area (Å²) >= 11 is 0. The molecule has 0 bridgehead atoms. The van der Waals surface area contributed by atoms with Gasteiger partial charge in [0, 0.05) is 17.7 Å². The molecule has 0 aromatic heterocycles. The Kier molecular flexibility index (Phi) is 5.17. The van der Waals surface area contributed by atoms with Crippen LogP contribution < -0.4 is 9.47 Å². The smallest absolute Gasteiger partial charge is 0.311 e. The molecule has 0 radical (unpaired) electrons. The minimum Gasteiger partial charge on any atom is -0.496 e. The van der Waals surface area contributed by atoms with Gasteiger partial charge in [0.15, 0.2) is 0 Å². The Balaban J connectivity index is 2.61. The number of methoxy groups -OCH3 is 2. The second-order valence-corrected chi connectivity index (χ2v) is 5.06. The van der Waals surface area contributed by atoms with Crippen LogP contribution in [0.5, 0.6) is 11.5 Å². The Morgan fingerprint density at radius 2 is 1.79 bits per heavy atom. The number of nitrogens with zero attached hydrogens (tertiary/aromatic N) is 2. The second-order valence-electron chi connectivity index (χ2n) is 5.06. The first kappa shape index (κ1) is 17.0. The molecule has 6 heteroatoms. The molecule has 0 aliphatic heterocycles. The first-order valence-electron chi connectivity index (χ1n) is 7.09. The van der Waals surface area contributed by atoms with Crippen molar-refractivity contribution in [1.29, 1.82) is 5.26 Å². The van der Waals surface area contributed by atoms with Crippen LogP contribution >= 0.6 is 0 Å². The summed E-state index contributed by atoms with van der Waals surface area (Å²) in [5, 5.41) is 20.6. The van der Waals surface area contributed by atoms with Crippen LogP contribution in [0.3, 0.4) is 0 Å². The van der Waals surface area contributed by atoms with E-state index >= 15 is 0 Å². The van der Waals surface area contributed by atoms with Gasteiger partial charge in [-0.15, -0.1) is 0 Å². The highest BCUT2D eigenvalue weighted by Crippen LogP contribution is 2.36. The molecule has 0 saturated carbocycles. The summed E-state index contributed by atoms with van der Waals surface area (Å²) in [5.41, 5.74) is 2.43. The van der Waals surface area contributed by atoms with E-state index < -0.39 is 4.92 Å². The van der Waals surface area contributed by atoms with Crippen molar-refractivity contribution < 1.29 is 14.4 Å². The van der Waals surface area contributed by atoms with Crippen molar-refractivity contribution in [3.8, 4) is 17.6 Å². The van der Waals surface area contributed by atoms with Crippen LogP contribution in [-0.2, 0) is 0 Å². The summed E-state index contributed by atoms with van der Waals surface area (Å²) < 4.78 is 10.3. The highest BCUT2D eigenvalue weighted by molar-refractivity contribution is 5.91. The average molecular weight is 324 g/mol. The molecule has 0 atom stereocenters. The van der Waals surface area contributed by atoms with Crippen LogP contribution in [0.25, 0.3) is 11.6 Å². The highest BCUT2D eigenvalue weighted by Gasteiger charge is 2.19. The van der Waals surface area contributed by atoms with Gasteiger partial charge in [-0.2, -0.15) is 5.26 Å². The number of hydrogen-bond donors (Lipinski definition) is 0. The lowest BCUT2D eigenvalue weighted by atomic mass is 10.0. The van der Waals surface area contributed by atoms with Gasteiger partial charge < -0.3 is 9.47 Å². The fourth-order valence-electron chi connectivity index (χ4n) is 2.23. The first-order chi connectivity index (χ1) is 11.5. The lowest BCUT2D eigenvalue weighted by molar-refractivity contribution is -0.385. The third kappa shape index (κ3) is 3.52. The fraction of sp³-hybridized carbons (Fsp3) is 0.167. The summed E-state index contributed by atoms with van der Waals surface area (Å²) in [6.45, 7) is 1.95. The van der Waals surface area contributed by atoms with Crippen LogP contribution in [0, 0.1) is 28.4 Å². The zero-order chi connectivity index (χ0) is 17.7. The molecule has 0 heterocycles. The average Bonchev–Trinajstić information content (AvgIpc) is 2.59. The predicted octanol–water partition coefficient (Wildman–Crippen LogP) is 3.98. The van der Waals surface area contributed by atoms with E-state index in [1.165, 1.54) is 26.4 Å². The molecule has 2 rings (SSSR count). The van der Waals surface area contributed by atoms with Crippen LogP contribution in [0.4, 0.5) is 5.69 Å². The topological polar surface area (TPSA) is 85.4 Å². The number of nitro benzene ring substituents is 1. The summed E-state index contributed by atoms with van der Waals surface area (Å²) in [6.07, 6.45) is 1.57. The maximum absolute atomic E-state index is 11.2. The van der Waals surface area contributed by atoms with E-state index in [2.05, 4.69) is 6.07 Å². The molecule has 0 fully saturated rings. The van der Waals surface area contributed by atoms with Gasteiger partial charge >= 0.3 is 5.69 Å². The van der Waals surface area contributed by atoms with Crippen molar-refractivity contribution in [1.82, 2.24) is 0 Å². The van der Waals surface area contributed by atoms with Crippen LogP contribution in [-0.4, -0.2) is 19.1 Å². The van der Waals surface area contributed by atoms with Crippen molar-refractivity contribution in [2.45, 2.75) is 6.92 Å². The summed E-state index contributed by atoms with van der Waals surface area (Å²) in [6, 6.07) is 12.3. The number of ether oxygens (including phenoxy) is 2. The minimum atomic E-state index is -0.534. The van der Waals surface area contributed by atoms with Crippen molar-refractivity contribution in [2.24, 2.45) is 0 Å². The van der Waals surface area contributed by atoms with Gasteiger partial charge in [0.25, 0.3) is 0 Å². The predicted molar refractivity (Wildman–Crippen MR) is 90.9 cm³/mol. The number of aryl methyl sites for hydroxylation is 1. The molecule has 0 aliphatic carbocycles. The van der Waals surface area contributed by atoms with E-state index in [-0.39, 0.29) is 11.4 Å². The quantitative estimate of drug-likeness (QED) is 0.359. The standard InChI is InChI=1S/C18H16N2O4/c1-12-4-6-13(7-5-12)15(11-19)8-14-9-16(20(21)22)18(24-3)10-17(14)23-2/h4-10H,1-3H3/b15-8-. The van der Waals surface area contributed by atoms with Gasteiger partial charge in [0.05, 0.1) is 30.8 Å². The van der Waals surface area contributed by atoms with Crippen molar-refractivity contribution in [3.63, 3.8) is 0 Å². The first-order valence-corrected chi connectivity index (χ1v) is 7.09. The molecule has 2 aromatic carbocycles. The normalized spacial score (nSPS) is 10.8. The van der Waals surface area contributed by atoms with Gasteiger partial charge in [0.2, 0.25) is 5.75 Å². The highest BCUT2D eigenvalue weighted by atomic mass is 16.6. The summed E-state index contributed by atoms with van der Waals surface area (Å²) in [5.74, 6) is 0.486. The van der Waals surface area contributed by atoms with Gasteiger partial charge in [-0.25, -0.2) is 0 Å². The van der Waals surface area contributed by atoms with Crippen molar-refractivity contribution in [2.75, 3.05) is 14.2 Å². The van der Waals surface area contributed by atoms with E-state index in [1.807, 2.05) is 31.2 Å². The SMILES string of the molecule is COc1cc(OC)c([N+](=O)[O-])cc1/C=C(/C#N)c1ccc(C)cc1. The van der Waals surface area contributed by atoms with Gasteiger partial charge in [-0.05, 0) is 18.6 Å². The molecule has 0 spiro atoms. The van der Waals surface area contributed by atoms with E-state index in [0.717, 1.165) is 11.1 Å². The fourth-order valence-corrected chi connectivity index (χ4v) is 2.23. The van der Waals surface area contributed by atoms with Gasteiger partial charge in [0.1, 0.15) is 5.75 Å².